The first-order chi connectivity index (χ1) is 14.7. The SMILES string of the molecule is CCOc1ccccc1[C@H]1Nc2ccccc2NC2=C1C(=O)C[C@@H](c1cccs1)C2. The Morgan fingerprint density at radius 2 is 1.80 bits per heavy atom. The molecule has 5 rings (SSSR count). The molecule has 2 aromatic carbocycles. The predicted octanol–water partition coefficient (Wildman–Crippen LogP) is 6.13. The quantitative estimate of drug-likeness (QED) is 0.537. The number of para-hydroxylation sites is 3. The lowest BCUT2D eigenvalue weighted by molar-refractivity contribution is -0.116. The first kappa shape index (κ1) is 18.9. The lowest BCUT2D eigenvalue weighted by atomic mass is 9.80. The fourth-order valence-electron chi connectivity index (χ4n) is 4.46. The molecule has 2 aliphatic rings. The molecule has 0 spiro atoms. The molecule has 0 unspecified atom stereocenters. The molecule has 0 saturated carbocycles. The molecule has 2 N–H and O–H groups in total. The van der Waals surface area contributed by atoms with Crippen LogP contribution in [0.2, 0.25) is 0 Å². The second kappa shape index (κ2) is 8.00. The van der Waals surface area contributed by atoms with Gasteiger partial charge in [0.15, 0.2) is 5.78 Å². The minimum atomic E-state index is -0.254. The third kappa shape index (κ3) is 3.39. The van der Waals surface area contributed by atoms with Gasteiger partial charge in [0.2, 0.25) is 0 Å². The van der Waals surface area contributed by atoms with Crippen molar-refractivity contribution >= 4 is 28.5 Å². The van der Waals surface area contributed by atoms with Crippen LogP contribution in [0.25, 0.3) is 0 Å². The number of carbonyl (C=O) groups excluding carboxylic acids is 1. The maximum absolute atomic E-state index is 13.5. The van der Waals surface area contributed by atoms with Crippen LogP contribution in [-0.2, 0) is 4.79 Å². The number of thiophene rings is 1. The fourth-order valence-corrected chi connectivity index (χ4v) is 5.29. The summed E-state index contributed by atoms with van der Waals surface area (Å²) in [5, 5.41) is 9.32. The number of ketones is 1. The molecular weight excluding hydrogens is 392 g/mol. The van der Waals surface area contributed by atoms with Crippen molar-refractivity contribution in [3.63, 3.8) is 0 Å². The van der Waals surface area contributed by atoms with Crippen LogP contribution >= 0.6 is 11.3 Å². The number of anilines is 2. The average molecular weight is 417 g/mol. The summed E-state index contributed by atoms with van der Waals surface area (Å²) < 4.78 is 5.92. The standard InChI is InChI=1S/C25H24N2O2S/c1-2-29-22-11-6-3-8-17(22)25-24-20(26-18-9-4-5-10-19(18)27-25)14-16(15-21(24)28)23-12-7-13-30-23/h3-13,16,25-27H,2,14-15H2,1H3/t16-,25+/m0/s1. The summed E-state index contributed by atoms with van der Waals surface area (Å²) in [5.41, 5.74) is 4.82. The normalized spacial score (nSPS) is 20.5. The van der Waals surface area contributed by atoms with Crippen LogP contribution in [0.4, 0.5) is 11.4 Å². The van der Waals surface area contributed by atoms with Crippen LogP contribution in [0.1, 0.15) is 42.2 Å². The molecule has 4 nitrogen and oxygen atoms in total. The van der Waals surface area contributed by atoms with Crippen LogP contribution in [0.15, 0.2) is 77.3 Å². The van der Waals surface area contributed by atoms with Gasteiger partial charge in [-0.25, -0.2) is 0 Å². The number of carbonyl (C=O) groups is 1. The Morgan fingerprint density at radius 3 is 2.60 bits per heavy atom. The Hall–Kier alpha value is -3.05. The van der Waals surface area contributed by atoms with E-state index in [9.17, 15) is 4.79 Å². The summed E-state index contributed by atoms with van der Waals surface area (Å²) in [6.07, 6.45) is 1.36. The summed E-state index contributed by atoms with van der Waals surface area (Å²) >= 11 is 1.73. The zero-order valence-corrected chi connectivity index (χ0v) is 17.7. The molecule has 1 aromatic heterocycles. The Bertz CT molecular complexity index is 1100. The monoisotopic (exact) mass is 416 g/mol. The molecule has 152 valence electrons. The molecule has 0 amide bonds. The van der Waals surface area contributed by atoms with E-state index >= 15 is 0 Å². The van der Waals surface area contributed by atoms with Gasteiger partial charge in [-0.3, -0.25) is 4.79 Å². The van der Waals surface area contributed by atoms with Crippen molar-refractivity contribution < 1.29 is 9.53 Å². The molecule has 1 aliphatic carbocycles. The summed E-state index contributed by atoms with van der Waals surface area (Å²) in [5.74, 6) is 1.23. The van der Waals surface area contributed by atoms with Crippen molar-refractivity contribution in [2.45, 2.75) is 31.7 Å². The van der Waals surface area contributed by atoms with Gasteiger partial charge in [-0.1, -0.05) is 36.4 Å². The van der Waals surface area contributed by atoms with Crippen molar-refractivity contribution in [1.29, 1.82) is 0 Å². The van der Waals surface area contributed by atoms with Gasteiger partial charge in [-0.2, -0.15) is 0 Å². The van der Waals surface area contributed by atoms with Crippen molar-refractivity contribution in [2.75, 3.05) is 17.2 Å². The van der Waals surface area contributed by atoms with E-state index in [-0.39, 0.29) is 17.7 Å². The third-order valence-electron chi connectivity index (χ3n) is 5.78. The molecule has 1 aliphatic heterocycles. The zero-order valence-electron chi connectivity index (χ0n) is 16.9. The second-order valence-corrected chi connectivity index (χ2v) is 8.63. The number of rotatable bonds is 4. The molecule has 0 radical (unpaired) electrons. The van der Waals surface area contributed by atoms with Crippen LogP contribution in [0.3, 0.4) is 0 Å². The number of ether oxygens (including phenoxy) is 1. The third-order valence-corrected chi connectivity index (χ3v) is 6.82. The molecule has 0 saturated heterocycles. The van der Waals surface area contributed by atoms with Crippen molar-refractivity contribution in [1.82, 2.24) is 0 Å². The fraction of sp³-hybridized carbons (Fsp3) is 0.240. The van der Waals surface area contributed by atoms with Gasteiger partial charge >= 0.3 is 0 Å². The molecule has 0 fully saturated rings. The molecule has 2 atom stereocenters. The topological polar surface area (TPSA) is 50.4 Å². The van der Waals surface area contributed by atoms with Gasteiger partial charge in [0.05, 0.1) is 24.0 Å². The van der Waals surface area contributed by atoms with E-state index in [1.54, 1.807) is 11.3 Å². The Morgan fingerprint density at radius 1 is 1.00 bits per heavy atom. The van der Waals surface area contributed by atoms with E-state index in [2.05, 4.69) is 46.3 Å². The largest absolute Gasteiger partial charge is 0.494 e. The first-order valence-electron chi connectivity index (χ1n) is 10.4. The highest BCUT2D eigenvalue weighted by atomic mass is 32.1. The number of hydrogen-bond acceptors (Lipinski definition) is 5. The van der Waals surface area contributed by atoms with Crippen molar-refractivity contribution in [3.8, 4) is 5.75 Å². The lowest BCUT2D eigenvalue weighted by Gasteiger charge is -2.30. The number of benzene rings is 2. The summed E-state index contributed by atoms with van der Waals surface area (Å²) in [6.45, 7) is 2.56. The van der Waals surface area contributed by atoms with E-state index in [1.165, 1.54) is 4.88 Å². The summed E-state index contributed by atoms with van der Waals surface area (Å²) in [6, 6.07) is 20.1. The highest BCUT2D eigenvalue weighted by Gasteiger charge is 2.37. The first-order valence-corrected chi connectivity index (χ1v) is 11.3. The number of Topliss-reactive ketones (excluding diaryl/α,β-unsaturated/α-hetero) is 1. The van der Waals surface area contributed by atoms with Gasteiger partial charge in [-0.05, 0) is 43.0 Å². The van der Waals surface area contributed by atoms with Crippen LogP contribution in [0, 0.1) is 0 Å². The highest BCUT2D eigenvalue weighted by molar-refractivity contribution is 7.10. The van der Waals surface area contributed by atoms with Crippen LogP contribution in [0.5, 0.6) is 5.75 Å². The average Bonchev–Trinajstić information content (AvgIpc) is 3.24. The summed E-state index contributed by atoms with van der Waals surface area (Å²) in [4.78, 5) is 14.8. The van der Waals surface area contributed by atoms with E-state index in [4.69, 9.17) is 4.74 Å². The smallest absolute Gasteiger partial charge is 0.163 e. The van der Waals surface area contributed by atoms with Gasteiger partial charge < -0.3 is 15.4 Å². The van der Waals surface area contributed by atoms with E-state index in [0.717, 1.165) is 40.4 Å². The molecular formula is C25H24N2O2S. The van der Waals surface area contributed by atoms with Gasteiger partial charge in [0, 0.05) is 34.0 Å². The Labute approximate surface area is 180 Å². The second-order valence-electron chi connectivity index (χ2n) is 7.65. The maximum atomic E-state index is 13.5. The van der Waals surface area contributed by atoms with Gasteiger partial charge in [0.25, 0.3) is 0 Å². The summed E-state index contributed by atoms with van der Waals surface area (Å²) in [7, 11) is 0. The number of allylic oxidation sites excluding steroid dienone is 1. The van der Waals surface area contributed by atoms with Crippen LogP contribution < -0.4 is 15.4 Å². The Balaban J connectivity index is 1.64. The molecule has 2 heterocycles. The maximum Gasteiger partial charge on any atom is 0.163 e. The van der Waals surface area contributed by atoms with Gasteiger partial charge in [-0.15, -0.1) is 11.3 Å². The highest BCUT2D eigenvalue weighted by Crippen LogP contribution is 2.46. The minimum absolute atomic E-state index is 0.193. The van der Waals surface area contributed by atoms with Gasteiger partial charge in [0.1, 0.15) is 5.75 Å². The number of hydrogen-bond donors (Lipinski definition) is 2. The number of fused-ring (bicyclic) bond motifs is 1. The van der Waals surface area contributed by atoms with Crippen molar-refractivity contribution in [3.05, 3.63) is 87.8 Å². The minimum Gasteiger partial charge on any atom is -0.494 e. The molecule has 3 aromatic rings. The van der Waals surface area contributed by atoms with Crippen LogP contribution in [-0.4, -0.2) is 12.4 Å². The van der Waals surface area contributed by atoms with E-state index in [0.29, 0.717) is 13.0 Å². The Kier molecular flexibility index (Phi) is 5.05. The predicted molar refractivity (Wildman–Crippen MR) is 122 cm³/mol. The van der Waals surface area contributed by atoms with E-state index in [1.807, 2.05) is 37.3 Å². The lowest BCUT2D eigenvalue weighted by Crippen LogP contribution is -2.27. The zero-order chi connectivity index (χ0) is 20.5. The number of nitrogens with one attached hydrogen (secondary N) is 2. The molecule has 5 heteroatoms. The van der Waals surface area contributed by atoms with E-state index < -0.39 is 0 Å². The molecule has 0 bridgehead atoms. The van der Waals surface area contributed by atoms with Crippen molar-refractivity contribution in [2.24, 2.45) is 0 Å². The molecule has 30 heavy (non-hydrogen) atoms.